The van der Waals surface area contributed by atoms with Gasteiger partial charge in [-0.3, -0.25) is 9.59 Å². The van der Waals surface area contributed by atoms with Crippen molar-refractivity contribution >= 4 is 11.9 Å². The minimum atomic E-state index is -0.841. The van der Waals surface area contributed by atoms with Gasteiger partial charge < -0.3 is 20.3 Å². The lowest BCUT2D eigenvalue weighted by atomic mass is 10.0. The van der Waals surface area contributed by atoms with Crippen molar-refractivity contribution in [2.24, 2.45) is 0 Å². The zero-order valence-electron chi connectivity index (χ0n) is 59.7. The molecule has 0 bridgehead atoms. The van der Waals surface area contributed by atoms with Gasteiger partial charge in [0, 0.05) is 12.8 Å². The quantitative estimate of drug-likeness (QED) is 0.0320. The normalized spacial score (nSPS) is 12.6. The summed E-state index contributed by atoms with van der Waals surface area (Å²) in [6.07, 6.45) is 101. The molecule has 0 radical (unpaired) electrons. The number of hydrogen-bond donors (Lipinski definition) is 3. The van der Waals surface area contributed by atoms with Crippen LogP contribution in [0.25, 0.3) is 0 Å². The third kappa shape index (κ3) is 73.1. The second-order valence-electron chi connectivity index (χ2n) is 27.8. The molecule has 0 aliphatic heterocycles. The molecular weight excluding hydrogens is 1080 g/mol. The van der Waals surface area contributed by atoms with Crippen LogP contribution in [0.1, 0.15) is 450 Å². The molecular formula is C82H157NO5. The highest BCUT2D eigenvalue weighted by atomic mass is 16.5. The Bertz CT molecular complexity index is 1430. The Kier molecular flexibility index (Phi) is 75.8. The molecule has 0 heterocycles. The topological polar surface area (TPSA) is 95.9 Å². The Morgan fingerprint density at radius 2 is 0.591 bits per heavy atom. The third-order valence-corrected chi connectivity index (χ3v) is 18.9. The van der Waals surface area contributed by atoms with Crippen LogP contribution in [0.2, 0.25) is 0 Å². The summed E-state index contributed by atoms with van der Waals surface area (Å²) in [6.45, 7) is 4.88. The molecule has 0 aromatic carbocycles. The SMILES string of the molecule is CCC/C=C\C/C=C\CCCCCCCC(=O)OCCCCCCCCCCCCCCCCCCCCCCCCCCCCCCCCCCCCCCCC(=O)NC(CO)C(O)/C=C/CCCCCCCCCCCCCCCCCCCCC. The van der Waals surface area contributed by atoms with E-state index >= 15 is 0 Å². The Balaban J connectivity index is 3.33. The zero-order valence-corrected chi connectivity index (χ0v) is 59.7. The molecule has 0 saturated carbocycles. The second-order valence-corrected chi connectivity index (χ2v) is 27.8. The number of allylic oxidation sites excluding steroid dienone is 5. The Morgan fingerprint density at radius 1 is 0.318 bits per heavy atom. The summed E-state index contributed by atoms with van der Waals surface area (Å²) >= 11 is 0. The van der Waals surface area contributed by atoms with Gasteiger partial charge in [-0.1, -0.05) is 416 Å². The lowest BCUT2D eigenvalue weighted by molar-refractivity contribution is -0.143. The van der Waals surface area contributed by atoms with E-state index in [1.54, 1.807) is 6.08 Å². The first-order valence-corrected chi connectivity index (χ1v) is 40.3. The highest BCUT2D eigenvalue weighted by molar-refractivity contribution is 5.76. The number of amides is 1. The van der Waals surface area contributed by atoms with Gasteiger partial charge in [-0.2, -0.15) is 0 Å². The first-order chi connectivity index (χ1) is 43.5. The Morgan fingerprint density at radius 3 is 0.909 bits per heavy atom. The van der Waals surface area contributed by atoms with Crippen LogP contribution in [0.4, 0.5) is 0 Å². The van der Waals surface area contributed by atoms with Crippen LogP contribution < -0.4 is 5.32 Å². The van der Waals surface area contributed by atoms with Gasteiger partial charge in [-0.25, -0.2) is 0 Å². The molecule has 0 fully saturated rings. The van der Waals surface area contributed by atoms with Gasteiger partial charge in [0.1, 0.15) is 0 Å². The molecule has 1 amide bonds. The van der Waals surface area contributed by atoms with Crippen molar-refractivity contribution in [2.75, 3.05) is 13.2 Å². The number of ether oxygens (including phenoxy) is 1. The smallest absolute Gasteiger partial charge is 0.305 e. The minimum absolute atomic E-state index is 0.00829. The molecule has 88 heavy (non-hydrogen) atoms. The number of esters is 1. The minimum Gasteiger partial charge on any atom is -0.466 e. The van der Waals surface area contributed by atoms with E-state index in [-0.39, 0.29) is 18.5 Å². The van der Waals surface area contributed by atoms with Crippen molar-refractivity contribution in [1.29, 1.82) is 0 Å². The standard InChI is InChI=1S/C82H157NO5/c1-3-5-7-9-11-13-15-17-18-19-20-38-41-44-47-51-54-58-62-66-70-74-80(85)79(78-84)83-81(86)75-71-67-63-59-55-52-48-45-42-39-36-34-32-30-28-26-24-22-21-23-25-27-29-31-33-35-37-40-43-46-49-53-57-61-65-69-73-77-88-82(87)76-72-68-64-60-56-50-16-14-12-10-8-6-4-2/h8,10,14,16,70,74,79-80,84-85H,3-7,9,11-13,15,17-69,71-73,75-78H2,1-2H3,(H,83,86)/b10-8-,16-14-,74-70+. The maximum atomic E-state index is 12.5. The lowest BCUT2D eigenvalue weighted by Gasteiger charge is -2.20. The fourth-order valence-electron chi connectivity index (χ4n) is 12.8. The Hall–Kier alpha value is -1.92. The number of hydrogen-bond acceptors (Lipinski definition) is 5. The summed E-state index contributed by atoms with van der Waals surface area (Å²) in [5.74, 6) is -0.0493. The highest BCUT2D eigenvalue weighted by Gasteiger charge is 2.18. The molecule has 0 saturated heterocycles. The molecule has 0 rings (SSSR count). The van der Waals surface area contributed by atoms with E-state index in [1.165, 1.54) is 372 Å². The molecule has 0 aromatic rings. The number of nitrogens with one attached hydrogen (secondary N) is 1. The van der Waals surface area contributed by atoms with Crippen molar-refractivity contribution in [3.8, 4) is 0 Å². The molecule has 2 atom stereocenters. The van der Waals surface area contributed by atoms with Crippen molar-refractivity contribution in [3.05, 3.63) is 36.5 Å². The maximum Gasteiger partial charge on any atom is 0.305 e. The van der Waals surface area contributed by atoms with Crippen LogP contribution in [-0.4, -0.2) is 47.4 Å². The van der Waals surface area contributed by atoms with Crippen molar-refractivity contribution < 1.29 is 24.5 Å². The molecule has 6 heteroatoms. The van der Waals surface area contributed by atoms with Gasteiger partial charge in [0.2, 0.25) is 5.91 Å². The fourth-order valence-corrected chi connectivity index (χ4v) is 12.8. The molecule has 0 aliphatic rings. The first-order valence-electron chi connectivity index (χ1n) is 40.3. The van der Waals surface area contributed by atoms with E-state index < -0.39 is 12.1 Å². The molecule has 0 aliphatic carbocycles. The van der Waals surface area contributed by atoms with Crippen LogP contribution in [0.5, 0.6) is 0 Å². The summed E-state index contributed by atoms with van der Waals surface area (Å²) in [5.41, 5.74) is 0. The fraction of sp³-hybridized carbons (Fsp3) is 0.902. The largest absolute Gasteiger partial charge is 0.466 e. The van der Waals surface area contributed by atoms with Crippen LogP contribution in [0.3, 0.4) is 0 Å². The van der Waals surface area contributed by atoms with Gasteiger partial charge in [0.05, 0.1) is 25.4 Å². The summed E-state index contributed by atoms with van der Waals surface area (Å²) in [7, 11) is 0. The van der Waals surface area contributed by atoms with Crippen LogP contribution in [0, 0.1) is 0 Å². The van der Waals surface area contributed by atoms with Crippen LogP contribution in [-0.2, 0) is 14.3 Å². The van der Waals surface area contributed by atoms with Gasteiger partial charge in [0.15, 0.2) is 0 Å². The van der Waals surface area contributed by atoms with Gasteiger partial charge in [-0.05, 0) is 57.8 Å². The van der Waals surface area contributed by atoms with Crippen molar-refractivity contribution in [2.45, 2.75) is 463 Å². The average Bonchev–Trinajstić information content (AvgIpc) is 3.59. The lowest BCUT2D eigenvalue weighted by Crippen LogP contribution is -2.45. The number of unbranched alkanes of at least 4 members (excludes halogenated alkanes) is 61. The average molecular weight is 1240 g/mol. The molecule has 0 spiro atoms. The van der Waals surface area contributed by atoms with E-state index in [0.717, 1.165) is 51.4 Å². The van der Waals surface area contributed by atoms with Crippen LogP contribution in [0.15, 0.2) is 36.5 Å². The molecule has 3 N–H and O–H groups in total. The number of aliphatic hydroxyl groups excluding tert-OH is 2. The number of carbonyl (C=O) groups is 2. The van der Waals surface area contributed by atoms with E-state index in [0.29, 0.717) is 19.4 Å². The van der Waals surface area contributed by atoms with Gasteiger partial charge in [-0.15, -0.1) is 0 Å². The molecule has 6 nitrogen and oxygen atoms in total. The predicted octanol–water partition coefficient (Wildman–Crippen LogP) is 26.6. The molecule has 520 valence electrons. The number of rotatable bonds is 76. The monoisotopic (exact) mass is 1240 g/mol. The summed E-state index contributed by atoms with van der Waals surface area (Å²) in [6, 6.07) is -0.624. The van der Waals surface area contributed by atoms with E-state index in [1.807, 2.05) is 6.08 Å². The van der Waals surface area contributed by atoms with E-state index in [2.05, 4.69) is 43.5 Å². The summed E-state index contributed by atoms with van der Waals surface area (Å²) < 4.78 is 5.48. The van der Waals surface area contributed by atoms with Crippen molar-refractivity contribution in [3.63, 3.8) is 0 Å². The second kappa shape index (κ2) is 77.5. The third-order valence-electron chi connectivity index (χ3n) is 18.9. The number of carbonyl (C=O) groups excluding carboxylic acids is 2. The maximum absolute atomic E-state index is 12.5. The zero-order chi connectivity index (χ0) is 63.5. The first kappa shape index (κ1) is 86.1. The molecule has 2 unspecified atom stereocenters. The summed E-state index contributed by atoms with van der Waals surface area (Å²) in [5, 5.41) is 23.3. The predicted molar refractivity (Wildman–Crippen MR) is 389 cm³/mol. The highest BCUT2D eigenvalue weighted by Crippen LogP contribution is 2.20. The Labute approximate surface area is 551 Å². The number of aliphatic hydroxyl groups is 2. The van der Waals surface area contributed by atoms with Crippen molar-refractivity contribution in [1.82, 2.24) is 5.32 Å². The van der Waals surface area contributed by atoms with E-state index in [9.17, 15) is 19.8 Å². The van der Waals surface area contributed by atoms with Gasteiger partial charge in [0.25, 0.3) is 0 Å². The van der Waals surface area contributed by atoms with E-state index in [4.69, 9.17) is 4.74 Å². The van der Waals surface area contributed by atoms with Gasteiger partial charge >= 0.3 is 5.97 Å². The molecule has 0 aromatic heterocycles. The van der Waals surface area contributed by atoms with Crippen LogP contribution >= 0.6 is 0 Å². The summed E-state index contributed by atoms with van der Waals surface area (Å²) in [4.78, 5) is 24.6.